The molecular weight excluding hydrogens is 242 g/mol. The Kier molecular flexibility index (Phi) is 4.20. The standard InChI is InChI=1S/C14H15N3O2/c1-17(9-11-4-6-15-7-5-11)10-13-3-2-12(8-16-13)14(18)19/h2-8H,9-10H2,1H3,(H,18,19). The van der Waals surface area contributed by atoms with Gasteiger partial charge in [-0.3, -0.25) is 14.9 Å². The highest BCUT2D eigenvalue weighted by Crippen LogP contribution is 2.06. The molecule has 0 unspecified atom stereocenters. The highest BCUT2D eigenvalue weighted by atomic mass is 16.4. The molecule has 19 heavy (non-hydrogen) atoms. The van der Waals surface area contributed by atoms with Crippen LogP contribution in [0.15, 0.2) is 42.9 Å². The maximum Gasteiger partial charge on any atom is 0.337 e. The molecule has 98 valence electrons. The van der Waals surface area contributed by atoms with Crippen LogP contribution in [0, 0.1) is 0 Å². The fourth-order valence-corrected chi connectivity index (χ4v) is 1.78. The molecule has 0 aromatic carbocycles. The van der Waals surface area contributed by atoms with Crippen molar-refractivity contribution in [2.75, 3.05) is 7.05 Å². The molecule has 0 saturated heterocycles. The van der Waals surface area contributed by atoms with Crippen molar-refractivity contribution < 1.29 is 9.90 Å². The Hall–Kier alpha value is -2.27. The van der Waals surface area contributed by atoms with Gasteiger partial charge in [-0.2, -0.15) is 0 Å². The van der Waals surface area contributed by atoms with E-state index in [1.807, 2.05) is 19.2 Å². The lowest BCUT2D eigenvalue weighted by atomic mass is 10.2. The van der Waals surface area contributed by atoms with Crippen molar-refractivity contribution in [2.24, 2.45) is 0 Å². The van der Waals surface area contributed by atoms with Crippen LogP contribution in [0.2, 0.25) is 0 Å². The lowest BCUT2D eigenvalue weighted by molar-refractivity contribution is 0.0696. The van der Waals surface area contributed by atoms with Gasteiger partial charge in [-0.15, -0.1) is 0 Å². The van der Waals surface area contributed by atoms with Gasteiger partial charge < -0.3 is 5.11 Å². The number of aromatic nitrogens is 2. The van der Waals surface area contributed by atoms with Gasteiger partial charge in [0.1, 0.15) is 0 Å². The summed E-state index contributed by atoms with van der Waals surface area (Å²) >= 11 is 0. The minimum absolute atomic E-state index is 0.209. The van der Waals surface area contributed by atoms with E-state index < -0.39 is 5.97 Å². The summed E-state index contributed by atoms with van der Waals surface area (Å²) in [4.78, 5) is 21.0. The lowest BCUT2D eigenvalue weighted by Gasteiger charge is -2.16. The van der Waals surface area contributed by atoms with E-state index in [4.69, 9.17) is 5.11 Å². The zero-order valence-electron chi connectivity index (χ0n) is 10.7. The van der Waals surface area contributed by atoms with Gasteiger partial charge in [-0.05, 0) is 36.9 Å². The van der Waals surface area contributed by atoms with E-state index in [0.717, 1.165) is 12.2 Å². The van der Waals surface area contributed by atoms with Gasteiger partial charge in [-0.1, -0.05) is 0 Å². The van der Waals surface area contributed by atoms with Gasteiger partial charge in [0.05, 0.1) is 11.3 Å². The summed E-state index contributed by atoms with van der Waals surface area (Å²) in [6.07, 6.45) is 4.92. The second kappa shape index (κ2) is 6.06. The number of rotatable bonds is 5. The number of carboxylic acids is 1. The number of carboxylic acid groups (broad SMARTS) is 1. The van der Waals surface area contributed by atoms with E-state index in [0.29, 0.717) is 6.54 Å². The first-order valence-electron chi connectivity index (χ1n) is 5.91. The highest BCUT2D eigenvalue weighted by molar-refractivity contribution is 5.87. The van der Waals surface area contributed by atoms with Gasteiger partial charge in [0.2, 0.25) is 0 Å². The molecule has 1 N–H and O–H groups in total. The molecule has 0 radical (unpaired) electrons. The summed E-state index contributed by atoms with van der Waals surface area (Å²) in [5, 5.41) is 8.80. The molecule has 0 spiro atoms. The Bertz CT molecular complexity index is 540. The number of hydrogen-bond donors (Lipinski definition) is 1. The number of pyridine rings is 2. The molecule has 0 aliphatic rings. The quantitative estimate of drug-likeness (QED) is 0.884. The van der Waals surface area contributed by atoms with E-state index in [1.165, 1.54) is 11.8 Å². The maximum atomic E-state index is 10.7. The van der Waals surface area contributed by atoms with Crippen LogP contribution in [-0.4, -0.2) is 33.0 Å². The van der Waals surface area contributed by atoms with E-state index in [9.17, 15) is 4.79 Å². The van der Waals surface area contributed by atoms with Gasteiger partial charge in [0.25, 0.3) is 0 Å². The van der Waals surface area contributed by atoms with Crippen LogP contribution in [0.5, 0.6) is 0 Å². The van der Waals surface area contributed by atoms with Crippen LogP contribution < -0.4 is 0 Å². The third-order valence-electron chi connectivity index (χ3n) is 2.71. The zero-order valence-corrected chi connectivity index (χ0v) is 10.7. The monoisotopic (exact) mass is 257 g/mol. The second-order valence-corrected chi connectivity index (χ2v) is 4.37. The summed E-state index contributed by atoms with van der Waals surface area (Å²) in [5.41, 5.74) is 2.24. The molecule has 0 aliphatic carbocycles. The van der Waals surface area contributed by atoms with E-state index in [2.05, 4.69) is 14.9 Å². The Morgan fingerprint density at radius 1 is 1.21 bits per heavy atom. The number of carbonyl (C=O) groups is 1. The van der Waals surface area contributed by atoms with Gasteiger partial charge in [0.15, 0.2) is 0 Å². The molecule has 2 aromatic heterocycles. The fraction of sp³-hybridized carbons (Fsp3) is 0.214. The second-order valence-electron chi connectivity index (χ2n) is 4.37. The molecule has 2 heterocycles. The number of nitrogens with zero attached hydrogens (tertiary/aromatic N) is 3. The lowest BCUT2D eigenvalue weighted by Crippen LogP contribution is -2.18. The van der Waals surface area contributed by atoms with E-state index in [1.54, 1.807) is 24.5 Å². The van der Waals surface area contributed by atoms with Gasteiger partial charge >= 0.3 is 5.97 Å². The first kappa shape index (κ1) is 13.2. The van der Waals surface area contributed by atoms with Crippen molar-refractivity contribution in [1.29, 1.82) is 0 Å². The Morgan fingerprint density at radius 3 is 2.53 bits per heavy atom. The van der Waals surface area contributed by atoms with Crippen molar-refractivity contribution >= 4 is 5.97 Å². The zero-order chi connectivity index (χ0) is 13.7. The van der Waals surface area contributed by atoms with Crippen LogP contribution in [0.25, 0.3) is 0 Å². The molecule has 2 aromatic rings. The molecule has 2 rings (SSSR count). The van der Waals surface area contributed by atoms with Crippen LogP contribution in [0.3, 0.4) is 0 Å². The topological polar surface area (TPSA) is 66.3 Å². The molecule has 0 saturated carbocycles. The average molecular weight is 257 g/mol. The summed E-state index contributed by atoms with van der Waals surface area (Å²) in [7, 11) is 1.99. The SMILES string of the molecule is CN(Cc1ccncc1)Cc1ccc(C(=O)O)cn1. The maximum absolute atomic E-state index is 10.7. The summed E-state index contributed by atoms with van der Waals surface area (Å²) in [5.74, 6) is -0.954. The Balaban J connectivity index is 1.95. The molecule has 0 bridgehead atoms. The third kappa shape index (κ3) is 3.86. The summed E-state index contributed by atoms with van der Waals surface area (Å²) < 4.78 is 0. The van der Waals surface area contributed by atoms with E-state index >= 15 is 0 Å². The minimum atomic E-state index is -0.954. The molecule has 5 heteroatoms. The smallest absolute Gasteiger partial charge is 0.337 e. The molecule has 0 amide bonds. The minimum Gasteiger partial charge on any atom is -0.478 e. The van der Waals surface area contributed by atoms with E-state index in [-0.39, 0.29) is 5.56 Å². The predicted octanol–water partition coefficient (Wildman–Crippen LogP) is 1.81. The summed E-state index contributed by atoms with van der Waals surface area (Å²) in [6, 6.07) is 7.26. The van der Waals surface area contributed by atoms with Crippen LogP contribution in [-0.2, 0) is 13.1 Å². The van der Waals surface area contributed by atoms with Crippen molar-refractivity contribution in [3.05, 3.63) is 59.7 Å². The molecule has 5 nitrogen and oxygen atoms in total. The molecule has 0 aliphatic heterocycles. The first-order chi connectivity index (χ1) is 9.15. The van der Waals surface area contributed by atoms with Crippen molar-refractivity contribution in [1.82, 2.24) is 14.9 Å². The van der Waals surface area contributed by atoms with Crippen LogP contribution in [0.1, 0.15) is 21.6 Å². The number of hydrogen-bond acceptors (Lipinski definition) is 4. The van der Waals surface area contributed by atoms with Crippen molar-refractivity contribution in [3.8, 4) is 0 Å². The molecule has 0 atom stereocenters. The van der Waals surface area contributed by atoms with Gasteiger partial charge in [0, 0.05) is 31.7 Å². The third-order valence-corrected chi connectivity index (χ3v) is 2.71. The van der Waals surface area contributed by atoms with Crippen LogP contribution in [0.4, 0.5) is 0 Å². The molecular formula is C14H15N3O2. The largest absolute Gasteiger partial charge is 0.478 e. The highest BCUT2D eigenvalue weighted by Gasteiger charge is 2.05. The Morgan fingerprint density at radius 2 is 1.95 bits per heavy atom. The Labute approximate surface area is 111 Å². The number of aromatic carboxylic acids is 1. The fourth-order valence-electron chi connectivity index (χ4n) is 1.78. The van der Waals surface area contributed by atoms with Crippen molar-refractivity contribution in [3.63, 3.8) is 0 Å². The molecule has 0 fully saturated rings. The van der Waals surface area contributed by atoms with Gasteiger partial charge in [-0.25, -0.2) is 4.79 Å². The average Bonchev–Trinajstić information content (AvgIpc) is 2.40. The predicted molar refractivity (Wildman–Crippen MR) is 70.6 cm³/mol. The summed E-state index contributed by atoms with van der Waals surface area (Å²) in [6.45, 7) is 1.47. The first-order valence-corrected chi connectivity index (χ1v) is 5.91. The normalized spacial score (nSPS) is 10.6. The van der Waals surface area contributed by atoms with Crippen molar-refractivity contribution in [2.45, 2.75) is 13.1 Å². The van der Waals surface area contributed by atoms with Crippen LogP contribution >= 0.6 is 0 Å².